The zero-order valence-electron chi connectivity index (χ0n) is 8.40. The molecular formula is C10H14BrN3O. The molecule has 1 aromatic heterocycles. The van der Waals surface area contributed by atoms with Gasteiger partial charge in [-0.05, 0) is 41.6 Å². The summed E-state index contributed by atoms with van der Waals surface area (Å²) in [6.07, 6.45) is 7.72. The van der Waals surface area contributed by atoms with Crippen molar-refractivity contribution < 1.29 is 4.74 Å². The lowest BCUT2D eigenvalue weighted by atomic mass is 9.94. The van der Waals surface area contributed by atoms with E-state index in [9.17, 15) is 0 Å². The molecule has 0 radical (unpaired) electrons. The van der Waals surface area contributed by atoms with Gasteiger partial charge in [0.1, 0.15) is 6.10 Å². The van der Waals surface area contributed by atoms with Gasteiger partial charge in [0.05, 0.1) is 4.47 Å². The Morgan fingerprint density at radius 3 is 2.73 bits per heavy atom. The standard InChI is InChI=1S/C10H14BrN3O/c11-7-5-13-10(14-6-7)15-9-3-1-2-8(12)4-9/h5-6,8-9H,1-4,12H2. The number of hydrogen-bond acceptors (Lipinski definition) is 4. The average molecular weight is 272 g/mol. The van der Waals surface area contributed by atoms with Crippen LogP contribution in [0.15, 0.2) is 16.9 Å². The van der Waals surface area contributed by atoms with Crippen molar-refractivity contribution in [1.29, 1.82) is 0 Å². The molecule has 0 bridgehead atoms. The highest BCUT2D eigenvalue weighted by molar-refractivity contribution is 9.10. The SMILES string of the molecule is NC1CCCC(Oc2ncc(Br)cn2)C1. The van der Waals surface area contributed by atoms with E-state index < -0.39 is 0 Å². The van der Waals surface area contributed by atoms with Crippen LogP contribution < -0.4 is 10.5 Å². The van der Waals surface area contributed by atoms with Crippen molar-refractivity contribution >= 4 is 15.9 Å². The van der Waals surface area contributed by atoms with Gasteiger partial charge in [0.15, 0.2) is 0 Å². The molecule has 1 heterocycles. The molecule has 1 fully saturated rings. The summed E-state index contributed by atoms with van der Waals surface area (Å²) in [5.74, 6) is 0. The molecule has 5 heteroatoms. The van der Waals surface area contributed by atoms with Crippen LogP contribution in [0.5, 0.6) is 6.01 Å². The second kappa shape index (κ2) is 4.90. The van der Waals surface area contributed by atoms with Gasteiger partial charge in [-0.15, -0.1) is 0 Å². The van der Waals surface area contributed by atoms with E-state index in [-0.39, 0.29) is 12.1 Å². The highest BCUT2D eigenvalue weighted by Gasteiger charge is 2.21. The summed E-state index contributed by atoms with van der Waals surface area (Å²) < 4.78 is 6.51. The molecule has 0 aliphatic heterocycles. The maximum absolute atomic E-state index is 5.87. The number of halogens is 1. The number of rotatable bonds is 2. The molecule has 2 atom stereocenters. The van der Waals surface area contributed by atoms with E-state index in [2.05, 4.69) is 25.9 Å². The molecular weight excluding hydrogens is 258 g/mol. The molecule has 0 amide bonds. The molecule has 2 N–H and O–H groups in total. The van der Waals surface area contributed by atoms with E-state index in [0.29, 0.717) is 6.01 Å². The van der Waals surface area contributed by atoms with Crippen molar-refractivity contribution in [2.45, 2.75) is 37.8 Å². The predicted molar refractivity (Wildman–Crippen MR) is 60.6 cm³/mol. The number of nitrogens with two attached hydrogens (primary N) is 1. The molecule has 0 spiro atoms. The van der Waals surface area contributed by atoms with Crippen molar-refractivity contribution in [2.75, 3.05) is 0 Å². The fourth-order valence-corrected chi connectivity index (χ4v) is 2.00. The molecule has 2 rings (SSSR count). The summed E-state index contributed by atoms with van der Waals surface area (Å²) in [4.78, 5) is 8.15. The monoisotopic (exact) mass is 271 g/mol. The van der Waals surface area contributed by atoms with Crippen LogP contribution >= 0.6 is 15.9 Å². The van der Waals surface area contributed by atoms with Crippen LogP contribution in [0.4, 0.5) is 0 Å². The molecule has 1 aliphatic carbocycles. The molecule has 1 saturated carbocycles. The van der Waals surface area contributed by atoms with Crippen LogP contribution in [-0.2, 0) is 0 Å². The smallest absolute Gasteiger partial charge is 0.316 e. The van der Waals surface area contributed by atoms with Gasteiger partial charge in [0.2, 0.25) is 0 Å². The van der Waals surface area contributed by atoms with Crippen molar-refractivity contribution in [2.24, 2.45) is 5.73 Å². The van der Waals surface area contributed by atoms with Crippen LogP contribution in [-0.4, -0.2) is 22.1 Å². The largest absolute Gasteiger partial charge is 0.460 e. The van der Waals surface area contributed by atoms with Crippen LogP contribution in [0.25, 0.3) is 0 Å². The zero-order chi connectivity index (χ0) is 10.7. The van der Waals surface area contributed by atoms with Crippen LogP contribution in [0, 0.1) is 0 Å². The van der Waals surface area contributed by atoms with Gasteiger partial charge in [-0.25, -0.2) is 9.97 Å². The van der Waals surface area contributed by atoms with Gasteiger partial charge >= 0.3 is 6.01 Å². The molecule has 4 nitrogen and oxygen atoms in total. The third-order valence-corrected chi connectivity index (χ3v) is 2.94. The summed E-state index contributed by atoms with van der Waals surface area (Å²) in [5, 5.41) is 0. The Morgan fingerprint density at radius 1 is 1.33 bits per heavy atom. The first kappa shape index (κ1) is 10.8. The van der Waals surface area contributed by atoms with Crippen molar-refractivity contribution in [3.05, 3.63) is 16.9 Å². The highest BCUT2D eigenvalue weighted by atomic mass is 79.9. The normalized spacial score (nSPS) is 26.3. The number of hydrogen-bond donors (Lipinski definition) is 1. The summed E-state index contributed by atoms with van der Waals surface area (Å²) in [7, 11) is 0. The first-order valence-electron chi connectivity index (χ1n) is 5.14. The lowest BCUT2D eigenvalue weighted by molar-refractivity contribution is 0.132. The predicted octanol–water partition coefficient (Wildman–Crippen LogP) is 1.89. The van der Waals surface area contributed by atoms with Gasteiger partial charge in [-0.3, -0.25) is 0 Å². The Morgan fingerprint density at radius 2 is 2.07 bits per heavy atom. The number of nitrogens with zero attached hydrogens (tertiary/aromatic N) is 2. The molecule has 0 saturated heterocycles. The molecule has 1 aliphatic rings. The Balaban J connectivity index is 1.93. The van der Waals surface area contributed by atoms with E-state index in [0.717, 1.165) is 30.2 Å². The van der Waals surface area contributed by atoms with Crippen LogP contribution in [0.1, 0.15) is 25.7 Å². The Labute approximate surface area is 97.4 Å². The summed E-state index contributed by atoms with van der Waals surface area (Å²) >= 11 is 3.28. The lowest BCUT2D eigenvalue weighted by Gasteiger charge is -2.26. The Bertz CT molecular complexity index is 317. The van der Waals surface area contributed by atoms with Crippen molar-refractivity contribution in [3.8, 4) is 6.01 Å². The summed E-state index contributed by atoms with van der Waals surface area (Å²) in [6.45, 7) is 0. The number of ether oxygens (including phenoxy) is 1. The minimum atomic E-state index is 0.176. The van der Waals surface area contributed by atoms with Gasteiger partial charge in [-0.1, -0.05) is 0 Å². The van der Waals surface area contributed by atoms with Gasteiger partial charge in [0, 0.05) is 18.4 Å². The van der Waals surface area contributed by atoms with Crippen LogP contribution in [0.3, 0.4) is 0 Å². The van der Waals surface area contributed by atoms with Crippen molar-refractivity contribution in [3.63, 3.8) is 0 Å². The highest BCUT2D eigenvalue weighted by Crippen LogP contribution is 2.21. The molecule has 82 valence electrons. The van der Waals surface area contributed by atoms with E-state index in [1.165, 1.54) is 0 Å². The quantitative estimate of drug-likeness (QED) is 0.893. The molecule has 15 heavy (non-hydrogen) atoms. The van der Waals surface area contributed by atoms with E-state index in [1.54, 1.807) is 12.4 Å². The maximum Gasteiger partial charge on any atom is 0.316 e. The third kappa shape index (κ3) is 3.14. The lowest BCUT2D eigenvalue weighted by Crippen LogP contribution is -2.34. The summed E-state index contributed by atoms with van der Waals surface area (Å²) in [5.41, 5.74) is 5.87. The van der Waals surface area contributed by atoms with E-state index >= 15 is 0 Å². The average Bonchev–Trinajstić information content (AvgIpc) is 2.22. The topological polar surface area (TPSA) is 61.0 Å². The number of aromatic nitrogens is 2. The van der Waals surface area contributed by atoms with Crippen LogP contribution in [0.2, 0.25) is 0 Å². The Hall–Kier alpha value is -0.680. The zero-order valence-corrected chi connectivity index (χ0v) is 9.98. The second-order valence-corrected chi connectivity index (χ2v) is 4.77. The van der Waals surface area contributed by atoms with E-state index in [1.807, 2.05) is 0 Å². The molecule has 0 aromatic carbocycles. The molecule has 2 unspecified atom stereocenters. The van der Waals surface area contributed by atoms with Gasteiger partial charge in [0.25, 0.3) is 0 Å². The fourth-order valence-electron chi connectivity index (χ4n) is 1.80. The van der Waals surface area contributed by atoms with E-state index in [4.69, 9.17) is 10.5 Å². The summed E-state index contributed by atoms with van der Waals surface area (Å²) in [6, 6.07) is 0.705. The van der Waals surface area contributed by atoms with Gasteiger partial charge in [-0.2, -0.15) is 0 Å². The second-order valence-electron chi connectivity index (χ2n) is 3.85. The molecule has 1 aromatic rings. The Kier molecular flexibility index (Phi) is 3.53. The van der Waals surface area contributed by atoms with Crippen molar-refractivity contribution in [1.82, 2.24) is 9.97 Å². The third-order valence-electron chi connectivity index (χ3n) is 2.54. The minimum Gasteiger partial charge on any atom is -0.460 e. The maximum atomic E-state index is 5.87. The van der Waals surface area contributed by atoms with Gasteiger partial charge < -0.3 is 10.5 Å². The first-order valence-corrected chi connectivity index (χ1v) is 5.93. The first-order chi connectivity index (χ1) is 7.24. The minimum absolute atomic E-state index is 0.176. The fraction of sp³-hybridized carbons (Fsp3) is 0.600.